The first kappa shape index (κ1) is 20.0. The van der Waals surface area contributed by atoms with Crippen LogP contribution in [-0.2, 0) is 23.9 Å². The van der Waals surface area contributed by atoms with Crippen molar-refractivity contribution in [2.75, 3.05) is 19.7 Å². The van der Waals surface area contributed by atoms with Crippen molar-refractivity contribution in [3.63, 3.8) is 0 Å². The number of esters is 1. The lowest BCUT2D eigenvalue weighted by Crippen LogP contribution is -2.48. The van der Waals surface area contributed by atoms with E-state index in [2.05, 4.69) is 5.32 Å². The number of urea groups is 1. The van der Waals surface area contributed by atoms with Gasteiger partial charge in [0, 0.05) is 13.1 Å². The Labute approximate surface area is 163 Å². The Hall–Kier alpha value is -2.71. The molecule has 2 aliphatic heterocycles. The van der Waals surface area contributed by atoms with Crippen molar-refractivity contribution in [3.05, 3.63) is 12.2 Å². The van der Waals surface area contributed by atoms with E-state index >= 15 is 0 Å². The number of rotatable bonds is 6. The molecule has 0 bridgehead atoms. The van der Waals surface area contributed by atoms with Gasteiger partial charge in [-0.1, -0.05) is 26.0 Å². The zero-order chi connectivity index (χ0) is 20.4. The zero-order valence-corrected chi connectivity index (χ0v) is 16.1. The van der Waals surface area contributed by atoms with E-state index in [4.69, 9.17) is 4.74 Å². The highest BCUT2D eigenvalue weighted by molar-refractivity contribution is 6.08. The molecule has 0 aromatic carbocycles. The normalized spacial score (nSPS) is 25.2. The molecular formula is C19H25N3O6. The second-order valence-electron chi connectivity index (χ2n) is 7.73. The van der Waals surface area contributed by atoms with E-state index in [1.54, 1.807) is 0 Å². The average Bonchev–Trinajstić information content (AvgIpc) is 3.20. The minimum absolute atomic E-state index is 0.0268. The van der Waals surface area contributed by atoms with Gasteiger partial charge in [-0.25, -0.2) is 9.59 Å². The fourth-order valence-corrected chi connectivity index (χ4v) is 3.90. The van der Waals surface area contributed by atoms with Crippen LogP contribution in [0.1, 0.15) is 33.1 Å². The van der Waals surface area contributed by atoms with Crippen LogP contribution < -0.4 is 5.32 Å². The molecule has 2 saturated heterocycles. The maximum Gasteiger partial charge on any atom is 0.329 e. The third kappa shape index (κ3) is 3.79. The van der Waals surface area contributed by atoms with Gasteiger partial charge in [-0.2, -0.15) is 0 Å². The lowest BCUT2D eigenvalue weighted by molar-refractivity contribution is -0.162. The molecule has 0 saturated carbocycles. The third-order valence-electron chi connectivity index (χ3n) is 5.32. The Kier molecular flexibility index (Phi) is 5.81. The smallest absolute Gasteiger partial charge is 0.329 e. The van der Waals surface area contributed by atoms with Crippen LogP contribution in [0, 0.1) is 17.8 Å². The maximum absolute atomic E-state index is 12.8. The first-order valence-electron chi connectivity index (χ1n) is 9.58. The quantitative estimate of drug-likeness (QED) is 0.400. The summed E-state index contributed by atoms with van der Waals surface area (Å²) in [7, 11) is 0. The molecular weight excluding hydrogens is 366 g/mol. The summed E-state index contributed by atoms with van der Waals surface area (Å²) in [4.78, 5) is 63.9. The molecule has 2 heterocycles. The molecule has 9 nitrogen and oxygen atoms in total. The highest BCUT2D eigenvalue weighted by Gasteiger charge is 2.51. The van der Waals surface area contributed by atoms with Crippen molar-refractivity contribution < 1.29 is 28.7 Å². The van der Waals surface area contributed by atoms with Crippen LogP contribution in [0.25, 0.3) is 0 Å². The van der Waals surface area contributed by atoms with Crippen LogP contribution in [-0.4, -0.2) is 65.3 Å². The lowest BCUT2D eigenvalue weighted by Gasteiger charge is -2.26. The predicted molar refractivity (Wildman–Crippen MR) is 96.5 cm³/mol. The number of ether oxygens (including phenoxy) is 1. The van der Waals surface area contributed by atoms with Crippen LogP contribution in [0.5, 0.6) is 0 Å². The summed E-state index contributed by atoms with van der Waals surface area (Å²) in [5, 5.41) is 2.49. The standard InChI is InChI=1S/C19H25N3O6/c1-11(2)9-14(18(26)28-10-15(23)21-8-7-20-19(21)27)22-16(24)12-5-3-4-6-13(12)17(22)25/h3-4,11-14H,5-10H2,1-2H3,(H,20,27)/t12-,13-,14+/m0/s1. The molecule has 9 heteroatoms. The number of nitrogens with zero attached hydrogens (tertiary/aromatic N) is 2. The van der Waals surface area contributed by atoms with E-state index in [0.29, 0.717) is 19.4 Å². The average molecular weight is 391 g/mol. The number of hydrogen-bond acceptors (Lipinski definition) is 6. The van der Waals surface area contributed by atoms with Gasteiger partial charge in [0.1, 0.15) is 6.04 Å². The van der Waals surface area contributed by atoms with Gasteiger partial charge in [0.15, 0.2) is 6.61 Å². The van der Waals surface area contributed by atoms with Crippen molar-refractivity contribution in [1.29, 1.82) is 0 Å². The van der Waals surface area contributed by atoms with E-state index in [0.717, 1.165) is 9.80 Å². The summed E-state index contributed by atoms with van der Waals surface area (Å²) in [6.07, 6.45) is 4.98. The minimum atomic E-state index is -1.06. The molecule has 1 N–H and O–H groups in total. The predicted octanol–water partition coefficient (Wildman–Crippen LogP) is 0.447. The summed E-state index contributed by atoms with van der Waals surface area (Å²) in [5.41, 5.74) is 0. The number of carbonyl (C=O) groups excluding carboxylic acids is 5. The monoisotopic (exact) mass is 391 g/mol. The maximum atomic E-state index is 12.8. The molecule has 3 atom stereocenters. The molecule has 0 spiro atoms. The van der Waals surface area contributed by atoms with Crippen LogP contribution >= 0.6 is 0 Å². The molecule has 5 amide bonds. The topological polar surface area (TPSA) is 113 Å². The Morgan fingerprint density at radius 1 is 1.14 bits per heavy atom. The van der Waals surface area contributed by atoms with Gasteiger partial charge in [-0.05, 0) is 25.2 Å². The van der Waals surface area contributed by atoms with Gasteiger partial charge in [0.05, 0.1) is 11.8 Å². The van der Waals surface area contributed by atoms with Crippen LogP contribution in [0.15, 0.2) is 12.2 Å². The van der Waals surface area contributed by atoms with Crippen LogP contribution in [0.2, 0.25) is 0 Å². The fourth-order valence-electron chi connectivity index (χ4n) is 3.90. The molecule has 152 valence electrons. The number of allylic oxidation sites excluding steroid dienone is 2. The molecule has 0 aromatic heterocycles. The summed E-state index contributed by atoms with van der Waals surface area (Å²) < 4.78 is 5.12. The molecule has 3 rings (SSSR count). The second-order valence-corrected chi connectivity index (χ2v) is 7.73. The number of nitrogens with one attached hydrogen (secondary N) is 1. The molecule has 0 unspecified atom stereocenters. The fraction of sp³-hybridized carbons (Fsp3) is 0.632. The minimum Gasteiger partial charge on any atom is -0.454 e. The van der Waals surface area contributed by atoms with Crippen LogP contribution in [0.4, 0.5) is 4.79 Å². The molecule has 0 radical (unpaired) electrons. The van der Waals surface area contributed by atoms with E-state index in [-0.39, 0.29) is 30.7 Å². The molecule has 3 aliphatic rings. The number of amides is 5. The van der Waals surface area contributed by atoms with Gasteiger partial charge in [-0.15, -0.1) is 0 Å². The number of hydrogen-bond donors (Lipinski definition) is 1. The molecule has 28 heavy (non-hydrogen) atoms. The third-order valence-corrected chi connectivity index (χ3v) is 5.32. The number of carbonyl (C=O) groups is 5. The number of imide groups is 2. The highest BCUT2D eigenvalue weighted by Crippen LogP contribution is 2.37. The number of fused-ring (bicyclic) bond motifs is 1. The highest BCUT2D eigenvalue weighted by atomic mass is 16.5. The Balaban J connectivity index is 1.70. The molecule has 2 fully saturated rings. The van der Waals surface area contributed by atoms with Gasteiger partial charge in [0.25, 0.3) is 5.91 Å². The van der Waals surface area contributed by atoms with Gasteiger partial charge in [0.2, 0.25) is 11.8 Å². The SMILES string of the molecule is CC(C)C[C@H](C(=O)OCC(=O)N1CCNC1=O)N1C(=O)[C@H]2CC=CC[C@@H]2C1=O. The van der Waals surface area contributed by atoms with E-state index in [1.807, 2.05) is 26.0 Å². The van der Waals surface area contributed by atoms with Crippen molar-refractivity contribution in [3.8, 4) is 0 Å². The largest absolute Gasteiger partial charge is 0.454 e. The summed E-state index contributed by atoms with van der Waals surface area (Å²) in [6, 6.07) is -1.59. The van der Waals surface area contributed by atoms with Gasteiger partial charge in [-0.3, -0.25) is 24.2 Å². The molecule has 0 aromatic rings. The van der Waals surface area contributed by atoms with E-state index in [1.165, 1.54) is 0 Å². The van der Waals surface area contributed by atoms with Crippen molar-refractivity contribution in [2.24, 2.45) is 17.8 Å². The van der Waals surface area contributed by atoms with Gasteiger partial charge < -0.3 is 10.1 Å². The number of likely N-dealkylation sites (tertiary alicyclic amines) is 1. The summed E-state index contributed by atoms with van der Waals surface area (Å²) in [5.74, 6) is -2.98. The van der Waals surface area contributed by atoms with Crippen molar-refractivity contribution in [1.82, 2.24) is 15.1 Å². The zero-order valence-electron chi connectivity index (χ0n) is 16.1. The Morgan fingerprint density at radius 3 is 2.25 bits per heavy atom. The van der Waals surface area contributed by atoms with Crippen molar-refractivity contribution in [2.45, 2.75) is 39.2 Å². The second kappa shape index (κ2) is 8.12. The first-order chi connectivity index (χ1) is 13.3. The summed E-state index contributed by atoms with van der Waals surface area (Å²) in [6.45, 7) is 3.71. The lowest BCUT2D eigenvalue weighted by atomic mass is 9.85. The van der Waals surface area contributed by atoms with Gasteiger partial charge >= 0.3 is 12.0 Å². The van der Waals surface area contributed by atoms with Crippen molar-refractivity contribution >= 4 is 29.7 Å². The Morgan fingerprint density at radius 2 is 1.75 bits per heavy atom. The van der Waals surface area contributed by atoms with Crippen LogP contribution in [0.3, 0.4) is 0 Å². The summed E-state index contributed by atoms with van der Waals surface area (Å²) >= 11 is 0. The van der Waals surface area contributed by atoms with E-state index in [9.17, 15) is 24.0 Å². The van der Waals surface area contributed by atoms with E-state index < -0.39 is 42.4 Å². The molecule has 1 aliphatic carbocycles. The Bertz CT molecular complexity index is 705. The first-order valence-corrected chi connectivity index (χ1v) is 9.58.